The van der Waals surface area contributed by atoms with Crippen LogP contribution in [0.5, 0.6) is 0 Å². The van der Waals surface area contributed by atoms with Crippen LogP contribution in [0, 0.1) is 28.6 Å². The first-order valence-electron chi connectivity index (χ1n) is 10.3. The van der Waals surface area contributed by atoms with Gasteiger partial charge in [-0.15, -0.1) is 0 Å². The Hall–Kier alpha value is -1.53. The lowest BCUT2D eigenvalue weighted by molar-refractivity contribution is -0.155. The summed E-state index contributed by atoms with van der Waals surface area (Å²) in [6, 6.07) is 0. The first kappa shape index (κ1) is 19.8. The van der Waals surface area contributed by atoms with Crippen molar-refractivity contribution in [2.75, 3.05) is 6.61 Å². The number of Topliss-reactive ketones (excluding diaryl/α,β-unsaturated/α-hetero) is 2. The number of esters is 1. The van der Waals surface area contributed by atoms with Crippen LogP contribution < -0.4 is 0 Å². The fourth-order valence-corrected chi connectivity index (χ4v) is 6.67. The third-order valence-electron chi connectivity index (χ3n) is 7.96. The van der Waals surface area contributed by atoms with Crippen LogP contribution in [0.2, 0.25) is 0 Å². The molecule has 0 amide bonds. The van der Waals surface area contributed by atoms with Gasteiger partial charge >= 0.3 is 5.97 Å². The van der Waals surface area contributed by atoms with E-state index in [4.69, 9.17) is 9.47 Å². The van der Waals surface area contributed by atoms with E-state index < -0.39 is 41.0 Å². The molecule has 0 spiro atoms. The van der Waals surface area contributed by atoms with Gasteiger partial charge in [0.25, 0.3) is 0 Å². The molecule has 28 heavy (non-hydrogen) atoms. The van der Waals surface area contributed by atoms with E-state index in [0.29, 0.717) is 18.4 Å². The fourth-order valence-electron chi connectivity index (χ4n) is 6.67. The van der Waals surface area contributed by atoms with Crippen molar-refractivity contribution in [3.63, 3.8) is 0 Å². The zero-order valence-corrected chi connectivity index (χ0v) is 17.3. The van der Waals surface area contributed by atoms with Gasteiger partial charge in [0, 0.05) is 30.3 Å². The van der Waals surface area contributed by atoms with Crippen molar-refractivity contribution >= 4 is 17.5 Å². The summed E-state index contributed by atoms with van der Waals surface area (Å²) in [5.74, 6) is -1.10. The first-order valence-corrected chi connectivity index (χ1v) is 10.3. The predicted octanol–water partition coefficient (Wildman–Crippen LogP) is 2.22. The molecular formula is C22H30O6. The van der Waals surface area contributed by atoms with Crippen molar-refractivity contribution in [1.29, 1.82) is 0 Å². The number of carbonyl (C=O) groups is 3. The average Bonchev–Trinajstić information content (AvgIpc) is 3.07. The van der Waals surface area contributed by atoms with Crippen molar-refractivity contribution in [1.82, 2.24) is 0 Å². The van der Waals surface area contributed by atoms with Crippen molar-refractivity contribution in [3.8, 4) is 0 Å². The first-order chi connectivity index (χ1) is 13.0. The van der Waals surface area contributed by atoms with Crippen molar-refractivity contribution in [2.24, 2.45) is 28.6 Å². The van der Waals surface area contributed by atoms with Gasteiger partial charge in [0.1, 0.15) is 0 Å². The largest absolute Gasteiger partial charge is 0.454 e. The SMILES string of the molecule is CC(=O)OC1C(=O)C2C3OCC4=C3C(C)(CCC2(C)C1C(C)C)C(O)CC4=O. The molecule has 1 heterocycles. The molecule has 1 N–H and O–H groups in total. The molecule has 0 saturated heterocycles. The van der Waals surface area contributed by atoms with Crippen LogP contribution in [0.3, 0.4) is 0 Å². The van der Waals surface area contributed by atoms with Crippen LogP contribution in [0.15, 0.2) is 11.1 Å². The Morgan fingerprint density at radius 2 is 1.93 bits per heavy atom. The average molecular weight is 390 g/mol. The normalized spacial score (nSPS) is 45.2. The Kier molecular flexibility index (Phi) is 4.40. The number of hydrogen-bond acceptors (Lipinski definition) is 6. The van der Waals surface area contributed by atoms with Gasteiger partial charge in [-0.1, -0.05) is 27.7 Å². The maximum Gasteiger partial charge on any atom is 0.303 e. The summed E-state index contributed by atoms with van der Waals surface area (Å²) in [6.07, 6.45) is -0.569. The molecule has 0 bridgehead atoms. The maximum atomic E-state index is 13.6. The van der Waals surface area contributed by atoms with E-state index in [0.717, 1.165) is 5.57 Å². The molecule has 7 atom stereocenters. The zero-order chi connectivity index (χ0) is 20.6. The smallest absolute Gasteiger partial charge is 0.303 e. The summed E-state index contributed by atoms with van der Waals surface area (Å²) in [6.45, 7) is 9.75. The van der Waals surface area contributed by atoms with Crippen molar-refractivity contribution in [3.05, 3.63) is 11.1 Å². The number of aliphatic hydroxyl groups is 1. The van der Waals surface area contributed by atoms with E-state index >= 15 is 0 Å². The minimum atomic E-state index is -0.783. The summed E-state index contributed by atoms with van der Waals surface area (Å²) in [5, 5.41) is 10.8. The summed E-state index contributed by atoms with van der Waals surface area (Å²) in [7, 11) is 0. The number of ether oxygens (including phenoxy) is 2. The Bertz CT molecular complexity index is 782. The lowest BCUT2D eigenvalue weighted by Gasteiger charge is -2.40. The number of fused-ring (bicyclic) bond motifs is 2. The van der Waals surface area contributed by atoms with Crippen molar-refractivity contribution < 1.29 is 29.0 Å². The van der Waals surface area contributed by atoms with Crippen molar-refractivity contribution in [2.45, 2.75) is 72.2 Å². The molecule has 7 unspecified atom stereocenters. The molecule has 0 radical (unpaired) electrons. The van der Waals surface area contributed by atoms with E-state index in [9.17, 15) is 19.5 Å². The number of carbonyl (C=O) groups excluding carboxylic acids is 3. The quantitative estimate of drug-likeness (QED) is 0.727. The number of hydrogen-bond donors (Lipinski definition) is 1. The van der Waals surface area contributed by atoms with Gasteiger partial charge < -0.3 is 14.6 Å². The van der Waals surface area contributed by atoms with Crippen LogP contribution in [0.1, 0.15) is 53.9 Å². The van der Waals surface area contributed by atoms with E-state index in [2.05, 4.69) is 20.8 Å². The van der Waals surface area contributed by atoms with Crippen LogP contribution in [-0.4, -0.2) is 47.6 Å². The van der Waals surface area contributed by atoms with Gasteiger partial charge in [0.15, 0.2) is 17.7 Å². The highest BCUT2D eigenvalue weighted by Gasteiger charge is 2.67. The number of aliphatic hydroxyl groups excluding tert-OH is 1. The van der Waals surface area contributed by atoms with E-state index in [1.54, 1.807) is 0 Å². The van der Waals surface area contributed by atoms with E-state index in [1.807, 2.05) is 6.92 Å². The van der Waals surface area contributed by atoms with Crippen LogP contribution in [0.25, 0.3) is 0 Å². The van der Waals surface area contributed by atoms with Gasteiger partial charge in [-0.05, 0) is 29.7 Å². The predicted molar refractivity (Wildman–Crippen MR) is 100 cm³/mol. The van der Waals surface area contributed by atoms with Crippen LogP contribution in [-0.2, 0) is 23.9 Å². The third-order valence-corrected chi connectivity index (χ3v) is 7.96. The maximum absolute atomic E-state index is 13.6. The van der Waals surface area contributed by atoms with E-state index in [1.165, 1.54) is 6.92 Å². The van der Waals surface area contributed by atoms with Crippen LogP contribution >= 0.6 is 0 Å². The molecular weight excluding hydrogens is 360 g/mol. The monoisotopic (exact) mass is 390 g/mol. The summed E-state index contributed by atoms with van der Waals surface area (Å²) in [5.41, 5.74) is 0.481. The Labute approximate surface area is 165 Å². The standard InChI is InChI=1S/C22H30O6/c1-10(2)15-20(28-11(3)23)18(26)17-19-16-12(9-27-19)13(24)8-14(25)21(16,4)6-7-22(15,17)5/h10,14-15,17,19-20,25H,6-9H2,1-5H3. The molecule has 1 aliphatic heterocycles. The van der Waals surface area contributed by atoms with Gasteiger partial charge in [-0.25, -0.2) is 0 Å². The second-order valence-corrected chi connectivity index (χ2v) is 9.87. The molecule has 4 rings (SSSR count). The molecule has 6 nitrogen and oxygen atoms in total. The molecule has 0 aromatic rings. The second kappa shape index (κ2) is 6.23. The highest BCUT2D eigenvalue weighted by molar-refractivity contribution is 6.00. The molecule has 2 fully saturated rings. The minimum absolute atomic E-state index is 0.0755. The van der Waals surface area contributed by atoms with Crippen LogP contribution in [0.4, 0.5) is 0 Å². The molecule has 6 heteroatoms. The number of rotatable bonds is 2. The summed E-state index contributed by atoms with van der Waals surface area (Å²) in [4.78, 5) is 37.8. The molecule has 0 aromatic heterocycles. The summed E-state index contributed by atoms with van der Waals surface area (Å²) >= 11 is 0. The zero-order valence-electron chi connectivity index (χ0n) is 17.3. The number of ketones is 2. The molecule has 3 aliphatic carbocycles. The molecule has 154 valence electrons. The van der Waals surface area contributed by atoms with Gasteiger partial charge in [0.05, 0.1) is 24.7 Å². The van der Waals surface area contributed by atoms with Gasteiger partial charge in [-0.3, -0.25) is 14.4 Å². The molecule has 4 aliphatic rings. The lowest BCUT2D eigenvalue weighted by Crippen LogP contribution is -2.44. The third kappa shape index (κ3) is 2.43. The van der Waals surface area contributed by atoms with Gasteiger partial charge in [0.2, 0.25) is 0 Å². The fraction of sp³-hybridized carbons (Fsp3) is 0.773. The highest BCUT2D eigenvalue weighted by Crippen LogP contribution is 2.63. The second-order valence-electron chi connectivity index (χ2n) is 9.87. The molecule has 0 aromatic carbocycles. The highest BCUT2D eigenvalue weighted by atomic mass is 16.5. The summed E-state index contributed by atoms with van der Waals surface area (Å²) < 4.78 is 11.6. The topological polar surface area (TPSA) is 89.9 Å². The minimum Gasteiger partial charge on any atom is -0.454 e. The van der Waals surface area contributed by atoms with E-state index in [-0.39, 0.29) is 36.4 Å². The Morgan fingerprint density at radius 3 is 2.54 bits per heavy atom. The van der Waals surface area contributed by atoms with Gasteiger partial charge in [-0.2, -0.15) is 0 Å². The lowest BCUT2D eigenvalue weighted by atomic mass is 9.65. The Morgan fingerprint density at radius 1 is 1.25 bits per heavy atom. The molecule has 2 saturated carbocycles. The Balaban J connectivity index is 1.87.